The summed E-state index contributed by atoms with van der Waals surface area (Å²) in [5, 5.41) is 3.79. The topological polar surface area (TPSA) is 46.3 Å². The third-order valence-electron chi connectivity index (χ3n) is 3.13. The second kappa shape index (κ2) is 5.58. The minimum absolute atomic E-state index is 0.123. The zero-order valence-electron chi connectivity index (χ0n) is 10.3. The monoisotopic (exact) mass is 254 g/mol. The number of nitrogens with zero attached hydrogens (tertiary/aromatic N) is 2. The second-order valence-electron chi connectivity index (χ2n) is 4.46. The largest absolute Gasteiger partial charge is 0.361 e. The van der Waals surface area contributed by atoms with Crippen LogP contribution in [-0.4, -0.2) is 40.6 Å². The Labute approximate surface area is 106 Å². The number of aromatic nitrogens is 1. The average Bonchev–Trinajstić information content (AvgIpc) is 2.75. The lowest BCUT2D eigenvalue weighted by Crippen LogP contribution is -2.40. The number of thioether (sulfide) groups is 1. The lowest BCUT2D eigenvalue weighted by Gasteiger charge is -2.30. The summed E-state index contributed by atoms with van der Waals surface area (Å²) in [5.41, 5.74) is 0.824. The highest BCUT2D eigenvalue weighted by atomic mass is 32.2. The van der Waals surface area contributed by atoms with Crippen LogP contribution in [0.2, 0.25) is 0 Å². The highest BCUT2D eigenvalue weighted by Crippen LogP contribution is 2.21. The molecule has 0 unspecified atom stereocenters. The van der Waals surface area contributed by atoms with Crippen molar-refractivity contribution in [3.63, 3.8) is 0 Å². The first-order valence-corrected chi connectivity index (χ1v) is 7.08. The first-order chi connectivity index (χ1) is 8.16. The van der Waals surface area contributed by atoms with Crippen LogP contribution < -0.4 is 0 Å². The summed E-state index contributed by atoms with van der Waals surface area (Å²) in [6.07, 6.45) is 2.52. The number of likely N-dealkylation sites (N-methyl/N-ethyl adjacent to an activating group) is 1. The van der Waals surface area contributed by atoms with Crippen LogP contribution in [-0.2, 0) is 11.2 Å². The molecule has 0 aliphatic carbocycles. The Morgan fingerprint density at radius 3 is 2.88 bits per heavy atom. The van der Waals surface area contributed by atoms with E-state index < -0.39 is 0 Å². The van der Waals surface area contributed by atoms with E-state index in [1.165, 1.54) is 0 Å². The molecule has 94 valence electrons. The van der Waals surface area contributed by atoms with Gasteiger partial charge in [-0.1, -0.05) is 5.16 Å². The van der Waals surface area contributed by atoms with Crippen molar-refractivity contribution in [1.29, 1.82) is 0 Å². The summed E-state index contributed by atoms with van der Waals surface area (Å²) in [6, 6.07) is 2.22. The molecule has 2 heterocycles. The summed E-state index contributed by atoms with van der Waals surface area (Å²) < 4.78 is 5.07. The zero-order chi connectivity index (χ0) is 12.3. The van der Waals surface area contributed by atoms with Crippen molar-refractivity contribution in [2.24, 2.45) is 0 Å². The van der Waals surface area contributed by atoms with Crippen LogP contribution in [0.15, 0.2) is 10.6 Å². The molecule has 17 heavy (non-hydrogen) atoms. The number of carbonyl (C=O) groups excluding carboxylic acids is 1. The maximum atomic E-state index is 12.1. The van der Waals surface area contributed by atoms with E-state index in [9.17, 15) is 4.79 Å². The van der Waals surface area contributed by atoms with Gasteiger partial charge < -0.3 is 9.42 Å². The summed E-state index contributed by atoms with van der Waals surface area (Å²) >= 11 is 1.97. The molecule has 1 fully saturated rings. The summed E-state index contributed by atoms with van der Waals surface area (Å²) in [5.74, 6) is 3.09. The van der Waals surface area contributed by atoms with Crippen molar-refractivity contribution in [2.75, 3.05) is 18.6 Å². The van der Waals surface area contributed by atoms with Crippen LogP contribution in [0.5, 0.6) is 0 Å². The van der Waals surface area contributed by atoms with Gasteiger partial charge in [-0.25, -0.2) is 0 Å². The maximum absolute atomic E-state index is 12.1. The summed E-state index contributed by atoms with van der Waals surface area (Å²) in [7, 11) is 1.90. The van der Waals surface area contributed by atoms with Crippen LogP contribution in [0.4, 0.5) is 0 Å². The van der Waals surface area contributed by atoms with Gasteiger partial charge in [0.25, 0.3) is 0 Å². The minimum atomic E-state index is 0.123. The standard InChI is InChI=1S/C12H18N2O2S/c1-9-7-11(16-13-9)8-12(15)14(2)10-3-5-17-6-4-10/h7,10H,3-6,8H2,1-2H3. The lowest BCUT2D eigenvalue weighted by molar-refractivity contribution is -0.131. The molecular formula is C12H18N2O2S. The number of rotatable bonds is 3. The third-order valence-corrected chi connectivity index (χ3v) is 4.18. The Morgan fingerprint density at radius 2 is 2.29 bits per heavy atom. The molecule has 1 amide bonds. The molecular weight excluding hydrogens is 236 g/mol. The molecule has 1 aromatic rings. The van der Waals surface area contributed by atoms with Gasteiger partial charge in [0.15, 0.2) is 0 Å². The van der Waals surface area contributed by atoms with Crippen LogP contribution in [0.25, 0.3) is 0 Å². The molecule has 0 aromatic carbocycles. The van der Waals surface area contributed by atoms with E-state index >= 15 is 0 Å². The first kappa shape index (κ1) is 12.5. The molecule has 2 rings (SSSR count). The van der Waals surface area contributed by atoms with Crippen LogP contribution in [0.3, 0.4) is 0 Å². The molecule has 0 N–H and O–H groups in total. The Morgan fingerprint density at radius 1 is 1.59 bits per heavy atom. The van der Waals surface area contributed by atoms with Gasteiger partial charge in [0, 0.05) is 19.2 Å². The quantitative estimate of drug-likeness (QED) is 0.826. The SMILES string of the molecule is Cc1cc(CC(=O)N(C)C2CCSCC2)on1. The van der Waals surface area contributed by atoms with Crippen molar-refractivity contribution in [1.82, 2.24) is 10.1 Å². The number of aryl methyl sites for hydroxylation is 1. The van der Waals surface area contributed by atoms with Gasteiger partial charge in [0.05, 0.1) is 12.1 Å². The van der Waals surface area contributed by atoms with E-state index in [1.54, 1.807) is 0 Å². The van der Waals surface area contributed by atoms with Gasteiger partial charge in [-0.15, -0.1) is 0 Å². The van der Waals surface area contributed by atoms with E-state index in [2.05, 4.69) is 5.16 Å². The normalized spacial score (nSPS) is 17.1. The average molecular weight is 254 g/mol. The van der Waals surface area contributed by atoms with Crippen molar-refractivity contribution in [3.8, 4) is 0 Å². The molecule has 0 bridgehead atoms. The van der Waals surface area contributed by atoms with Gasteiger partial charge in [-0.2, -0.15) is 11.8 Å². The highest BCUT2D eigenvalue weighted by Gasteiger charge is 2.23. The predicted octanol–water partition coefficient (Wildman–Crippen LogP) is 1.88. The Bertz CT molecular complexity index is 386. The molecule has 1 aliphatic heterocycles. The van der Waals surface area contributed by atoms with E-state index in [0.29, 0.717) is 18.2 Å². The van der Waals surface area contributed by atoms with Gasteiger partial charge in [0.2, 0.25) is 5.91 Å². The fourth-order valence-corrected chi connectivity index (χ4v) is 3.13. The van der Waals surface area contributed by atoms with E-state index in [1.807, 2.05) is 36.7 Å². The van der Waals surface area contributed by atoms with Crippen LogP contribution in [0, 0.1) is 6.92 Å². The van der Waals surface area contributed by atoms with E-state index in [4.69, 9.17) is 4.52 Å². The smallest absolute Gasteiger partial charge is 0.230 e. The predicted molar refractivity (Wildman–Crippen MR) is 68.1 cm³/mol. The summed E-state index contributed by atoms with van der Waals surface area (Å²) in [6.45, 7) is 1.86. The lowest BCUT2D eigenvalue weighted by atomic mass is 10.1. The molecule has 0 radical (unpaired) electrons. The van der Waals surface area contributed by atoms with Crippen molar-refractivity contribution >= 4 is 17.7 Å². The second-order valence-corrected chi connectivity index (χ2v) is 5.68. The van der Waals surface area contributed by atoms with Crippen molar-refractivity contribution < 1.29 is 9.32 Å². The van der Waals surface area contributed by atoms with Crippen molar-refractivity contribution in [3.05, 3.63) is 17.5 Å². The van der Waals surface area contributed by atoms with Gasteiger partial charge in [-0.05, 0) is 31.3 Å². The first-order valence-electron chi connectivity index (χ1n) is 5.92. The van der Waals surface area contributed by atoms with Gasteiger partial charge in [0.1, 0.15) is 5.76 Å². The fourth-order valence-electron chi connectivity index (χ4n) is 2.05. The van der Waals surface area contributed by atoms with Crippen LogP contribution >= 0.6 is 11.8 Å². The molecule has 4 nitrogen and oxygen atoms in total. The van der Waals surface area contributed by atoms with Gasteiger partial charge in [-0.3, -0.25) is 4.79 Å². The number of carbonyl (C=O) groups is 1. The molecule has 1 aromatic heterocycles. The third kappa shape index (κ3) is 3.25. The highest BCUT2D eigenvalue weighted by molar-refractivity contribution is 7.99. The van der Waals surface area contributed by atoms with Crippen LogP contribution in [0.1, 0.15) is 24.3 Å². The number of hydrogen-bond donors (Lipinski definition) is 0. The Kier molecular flexibility index (Phi) is 4.10. The Balaban J connectivity index is 1.90. The molecule has 0 atom stereocenters. The Hall–Kier alpha value is -0.970. The molecule has 5 heteroatoms. The van der Waals surface area contributed by atoms with Gasteiger partial charge >= 0.3 is 0 Å². The summed E-state index contributed by atoms with van der Waals surface area (Å²) in [4.78, 5) is 13.9. The maximum Gasteiger partial charge on any atom is 0.230 e. The minimum Gasteiger partial charge on any atom is -0.361 e. The molecule has 0 spiro atoms. The van der Waals surface area contributed by atoms with Crippen molar-refractivity contribution in [2.45, 2.75) is 32.2 Å². The molecule has 1 aliphatic rings. The number of hydrogen-bond acceptors (Lipinski definition) is 4. The van der Waals surface area contributed by atoms with E-state index in [-0.39, 0.29) is 5.91 Å². The zero-order valence-corrected chi connectivity index (χ0v) is 11.1. The molecule has 1 saturated heterocycles. The van der Waals surface area contributed by atoms with E-state index in [0.717, 1.165) is 30.0 Å². The fraction of sp³-hybridized carbons (Fsp3) is 0.667. The number of amides is 1. The molecule has 0 saturated carbocycles.